The summed E-state index contributed by atoms with van der Waals surface area (Å²) in [5.41, 5.74) is 3.26. The van der Waals surface area contributed by atoms with Gasteiger partial charge >= 0.3 is 0 Å². The van der Waals surface area contributed by atoms with E-state index in [1.807, 2.05) is 30.3 Å². The maximum Gasteiger partial charge on any atom is 0.251 e. The predicted octanol–water partition coefficient (Wildman–Crippen LogP) is 3.92. The van der Waals surface area contributed by atoms with Crippen LogP contribution in [0.1, 0.15) is 48.3 Å². The number of benzene rings is 2. The van der Waals surface area contributed by atoms with E-state index in [0.29, 0.717) is 5.56 Å². The second-order valence-electron chi connectivity index (χ2n) is 6.87. The van der Waals surface area contributed by atoms with Crippen molar-refractivity contribution in [3.8, 4) is 0 Å². The lowest BCUT2D eigenvalue weighted by Gasteiger charge is -2.32. The molecule has 2 N–H and O–H groups in total. The van der Waals surface area contributed by atoms with E-state index in [1.165, 1.54) is 11.1 Å². The van der Waals surface area contributed by atoms with Gasteiger partial charge in [0.05, 0.1) is 0 Å². The molecular weight excluding hydrogens is 284 g/mol. The molecule has 2 aromatic rings. The van der Waals surface area contributed by atoms with Crippen LogP contribution < -0.4 is 10.6 Å². The van der Waals surface area contributed by atoms with E-state index in [9.17, 15) is 4.79 Å². The first-order chi connectivity index (χ1) is 10.9. The molecule has 0 aliphatic rings. The molecule has 122 valence electrons. The summed E-state index contributed by atoms with van der Waals surface area (Å²) < 4.78 is 0. The highest BCUT2D eigenvalue weighted by molar-refractivity contribution is 5.93. The van der Waals surface area contributed by atoms with Gasteiger partial charge < -0.3 is 10.6 Å². The highest BCUT2D eigenvalue weighted by Crippen LogP contribution is 2.32. The molecule has 2 rings (SSSR count). The normalized spacial score (nSPS) is 12.7. The van der Waals surface area contributed by atoms with Crippen molar-refractivity contribution in [2.24, 2.45) is 5.41 Å². The van der Waals surface area contributed by atoms with Crippen LogP contribution in [-0.4, -0.2) is 13.0 Å². The fraction of sp³-hybridized carbons (Fsp3) is 0.350. The third kappa shape index (κ3) is 4.67. The van der Waals surface area contributed by atoms with Gasteiger partial charge in [0.25, 0.3) is 5.91 Å². The number of carbonyl (C=O) groups excluding carboxylic acids is 1. The van der Waals surface area contributed by atoms with Gasteiger partial charge in [0, 0.05) is 25.2 Å². The monoisotopic (exact) mass is 310 g/mol. The predicted molar refractivity (Wildman–Crippen MR) is 95.3 cm³/mol. The van der Waals surface area contributed by atoms with Crippen molar-refractivity contribution < 1.29 is 4.79 Å². The molecule has 0 bridgehead atoms. The zero-order valence-corrected chi connectivity index (χ0v) is 14.4. The van der Waals surface area contributed by atoms with Crippen molar-refractivity contribution in [1.82, 2.24) is 10.6 Å². The number of carbonyl (C=O) groups is 1. The van der Waals surface area contributed by atoms with E-state index < -0.39 is 0 Å². The van der Waals surface area contributed by atoms with Gasteiger partial charge in [0.15, 0.2) is 0 Å². The van der Waals surface area contributed by atoms with Crippen molar-refractivity contribution in [2.75, 3.05) is 7.05 Å². The largest absolute Gasteiger partial charge is 0.355 e. The van der Waals surface area contributed by atoms with E-state index in [0.717, 1.165) is 6.54 Å². The highest BCUT2D eigenvalue weighted by atomic mass is 16.1. The van der Waals surface area contributed by atoms with Crippen LogP contribution in [0.5, 0.6) is 0 Å². The summed E-state index contributed by atoms with van der Waals surface area (Å²) in [6.45, 7) is 7.50. The molecular formula is C20H26N2O. The third-order valence-electron chi connectivity index (χ3n) is 3.95. The standard InChI is InChI=1S/C20H26N2O/c1-20(2,3)18(16-8-6-5-7-9-16)22-14-15-10-12-17(13-11-15)19(23)21-4/h5-13,18,22H,14H2,1-4H3,(H,21,23). The van der Waals surface area contributed by atoms with Gasteiger partial charge in [-0.2, -0.15) is 0 Å². The first-order valence-electron chi connectivity index (χ1n) is 8.01. The van der Waals surface area contributed by atoms with E-state index in [2.05, 4.69) is 55.7 Å². The average molecular weight is 310 g/mol. The van der Waals surface area contributed by atoms with Crippen LogP contribution in [-0.2, 0) is 6.54 Å². The van der Waals surface area contributed by atoms with Crippen molar-refractivity contribution in [3.05, 3.63) is 71.3 Å². The fourth-order valence-electron chi connectivity index (χ4n) is 2.71. The van der Waals surface area contributed by atoms with Gasteiger partial charge in [0.1, 0.15) is 0 Å². The SMILES string of the molecule is CNC(=O)c1ccc(CNC(c2ccccc2)C(C)(C)C)cc1. The molecule has 23 heavy (non-hydrogen) atoms. The van der Waals surface area contributed by atoms with Crippen LogP contribution in [0.15, 0.2) is 54.6 Å². The zero-order chi connectivity index (χ0) is 16.9. The number of hydrogen-bond donors (Lipinski definition) is 2. The Balaban J connectivity index is 2.09. The van der Waals surface area contributed by atoms with Crippen LogP contribution in [0.25, 0.3) is 0 Å². The molecule has 0 radical (unpaired) electrons. The maximum atomic E-state index is 11.6. The topological polar surface area (TPSA) is 41.1 Å². The lowest BCUT2D eigenvalue weighted by atomic mass is 9.82. The van der Waals surface area contributed by atoms with E-state index in [1.54, 1.807) is 7.05 Å². The van der Waals surface area contributed by atoms with Crippen LogP contribution in [0, 0.1) is 5.41 Å². The van der Waals surface area contributed by atoms with E-state index in [-0.39, 0.29) is 17.4 Å². The summed E-state index contributed by atoms with van der Waals surface area (Å²) >= 11 is 0. The van der Waals surface area contributed by atoms with Gasteiger partial charge in [-0.25, -0.2) is 0 Å². The number of rotatable bonds is 5. The third-order valence-corrected chi connectivity index (χ3v) is 3.95. The summed E-state index contributed by atoms with van der Waals surface area (Å²) in [4.78, 5) is 11.6. The molecule has 0 aromatic heterocycles. The van der Waals surface area contributed by atoms with Gasteiger partial charge in [-0.3, -0.25) is 4.79 Å². The van der Waals surface area contributed by atoms with Crippen LogP contribution in [0.3, 0.4) is 0 Å². The first kappa shape index (κ1) is 17.2. The Morgan fingerprint density at radius 3 is 2.13 bits per heavy atom. The zero-order valence-electron chi connectivity index (χ0n) is 14.4. The maximum absolute atomic E-state index is 11.6. The minimum absolute atomic E-state index is 0.0543. The van der Waals surface area contributed by atoms with Gasteiger partial charge in [-0.1, -0.05) is 63.2 Å². The van der Waals surface area contributed by atoms with Crippen LogP contribution in [0.4, 0.5) is 0 Å². The van der Waals surface area contributed by atoms with Gasteiger partial charge in [0.2, 0.25) is 0 Å². The quantitative estimate of drug-likeness (QED) is 0.878. The van der Waals surface area contributed by atoms with Gasteiger partial charge in [-0.15, -0.1) is 0 Å². The van der Waals surface area contributed by atoms with Crippen LogP contribution in [0.2, 0.25) is 0 Å². The molecule has 1 unspecified atom stereocenters. The molecule has 1 amide bonds. The molecule has 0 fully saturated rings. The Bertz CT molecular complexity index is 627. The molecule has 0 heterocycles. The fourth-order valence-corrected chi connectivity index (χ4v) is 2.71. The molecule has 3 nitrogen and oxygen atoms in total. The van der Waals surface area contributed by atoms with Crippen molar-refractivity contribution in [2.45, 2.75) is 33.4 Å². The molecule has 0 spiro atoms. The molecule has 0 aliphatic carbocycles. The highest BCUT2D eigenvalue weighted by Gasteiger charge is 2.25. The molecule has 1 atom stereocenters. The Morgan fingerprint density at radius 2 is 1.61 bits per heavy atom. The van der Waals surface area contributed by atoms with Crippen molar-refractivity contribution in [1.29, 1.82) is 0 Å². The Morgan fingerprint density at radius 1 is 1.00 bits per heavy atom. The molecule has 0 aliphatic heterocycles. The summed E-state index contributed by atoms with van der Waals surface area (Å²) in [6.07, 6.45) is 0. The second-order valence-corrected chi connectivity index (χ2v) is 6.87. The summed E-state index contributed by atoms with van der Waals surface area (Å²) in [6, 6.07) is 18.5. The Labute approximate surface area is 139 Å². The summed E-state index contributed by atoms with van der Waals surface area (Å²) in [7, 11) is 1.64. The average Bonchev–Trinajstić information content (AvgIpc) is 2.54. The van der Waals surface area contributed by atoms with Crippen molar-refractivity contribution in [3.63, 3.8) is 0 Å². The van der Waals surface area contributed by atoms with Crippen molar-refractivity contribution >= 4 is 5.91 Å². The molecule has 2 aromatic carbocycles. The number of hydrogen-bond acceptors (Lipinski definition) is 2. The summed E-state index contributed by atoms with van der Waals surface area (Å²) in [5.74, 6) is -0.0543. The Kier molecular flexibility index (Phi) is 5.56. The lowest BCUT2D eigenvalue weighted by Crippen LogP contribution is -2.32. The number of nitrogens with one attached hydrogen (secondary N) is 2. The van der Waals surface area contributed by atoms with E-state index in [4.69, 9.17) is 0 Å². The molecule has 0 saturated heterocycles. The lowest BCUT2D eigenvalue weighted by molar-refractivity contribution is 0.0963. The Hall–Kier alpha value is -2.13. The minimum Gasteiger partial charge on any atom is -0.355 e. The minimum atomic E-state index is -0.0543. The van der Waals surface area contributed by atoms with E-state index >= 15 is 0 Å². The first-order valence-corrected chi connectivity index (χ1v) is 8.01. The molecule has 0 saturated carbocycles. The van der Waals surface area contributed by atoms with Gasteiger partial charge in [-0.05, 0) is 28.7 Å². The second kappa shape index (κ2) is 7.42. The smallest absolute Gasteiger partial charge is 0.251 e. The van der Waals surface area contributed by atoms with Crippen LogP contribution >= 0.6 is 0 Å². The molecule has 3 heteroatoms. The number of amides is 1. The summed E-state index contributed by atoms with van der Waals surface area (Å²) in [5, 5.41) is 6.29.